The van der Waals surface area contributed by atoms with E-state index >= 15 is 0 Å². The number of nitrogens with zero attached hydrogens (tertiary/aromatic N) is 5. The van der Waals surface area contributed by atoms with Gasteiger partial charge in [-0.25, -0.2) is 4.68 Å². The smallest absolute Gasteiger partial charge is 0.261 e. The van der Waals surface area contributed by atoms with Crippen LogP contribution in [0.1, 0.15) is 74.5 Å². The lowest BCUT2D eigenvalue weighted by atomic mass is 9.95. The average molecular weight is 610 g/mol. The molecule has 2 amide bonds. The molecule has 1 saturated heterocycles. The number of para-hydroxylation sites is 1. The first-order chi connectivity index (χ1) is 20.6. The van der Waals surface area contributed by atoms with Crippen LogP contribution < -0.4 is 9.64 Å². The maximum Gasteiger partial charge on any atom is 0.261 e. The highest BCUT2D eigenvalue weighted by molar-refractivity contribution is 7.19. The Morgan fingerprint density at radius 2 is 1.86 bits per heavy atom. The summed E-state index contributed by atoms with van der Waals surface area (Å²) < 4.78 is 13.9. The number of amides is 2. The maximum atomic E-state index is 14.4. The van der Waals surface area contributed by atoms with Crippen LogP contribution in [0.15, 0.2) is 42.7 Å². The van der Waals surface area contributed by atoms with Crippen molar-refractivity contribution in [2.24, 2.45) is 5.92 Å². The standard InChI is InChI=1S/C32H43N5O5S/c1-21(2)20-42-25(23-13-8-9-14-24(23)41-6)19-35-29-26(22(3)28(43-29)36-18-12-15-33-36)27(38)37(31(35)40)32(4,5)30(39)34-16-10-7-11-17-34/h8-9,12-15,18,21,25,31,40H,7,10-11,16-17,19-20H2,1-6H3/t25-,31?/m0/s1. The molecule has 0 aliphatic carbocycles. The van der Waals surface area contributed by atoms with Crippen LogP contribution in [0.2, 0.25) is 0 Å². The number of methoxy groups -OCH3 is 1. The first kappa shape index (κ1) is 31.0. The number of aliphatic hydroxyl groups is 1. The molecule has 2 aliphatic rings. The molecule has 232 valence electrons. The van der Waals surface area contributed by atoms with Crippen molar-refractivity contribution in [1.82, 2.24) is 19.6 Å². The van der Waals surface area contributed by atoms with E-state index in [0.29, 0.717) is 36.0 Å². The van der Waals surface area contributed by atoms with Crippen molar-refractivity contribution in [2.75, 3.05) is 38.3 Å². The molecule has 0 spiro atoms. The Hall–Kier alpha value is -3.41. The van der Waals surface area contributed by atoms with E-state index < -0.39 is 18.0 Å². The number of benzene rings is 1. The van der Waals surface area contributed by atoms with E-state index in [2.05, 4.69) is 18.9 Å². The number of hydrogen-bond donors (Lipinski definition) is 1. The summed E-state index contributed by atoms with van der Waals surface area (Å²) >= 11 is 1.39. The summed E-state index contributed by atoms with van der Waals surface area (Å²) in [6.45, 7) is 11.5. The quantitative estimate of drug-likeness (QED) is 0.346. The lowest BCUT2D eigenvalue weighted by molar-refractivity contribution is -0.148. The molecule has 1 N–H and O–H groups in total. The minimum atomic E-state index is -1.41. The number of hydrogen-bond acceptors (Lipinski definition) is 8. The molecule has 2 aromatic heterocycles. The summed E-state index contributed by atoms with van der Waals surface area (Å²) in [7, 11) is 1.63. The predicted molar refractivity (Wildman–Crippen MR) is 167 cm³/mol. The lowest BCUT2D eigenvalue weighted by Gasteiger charge is -2.49. The zero-order valence-electron chi connectivity index (χ0n) is 25.9. The van der Waals surface area contributed by atoms with Crippen molar-refractivity contribution in [3.8, 4) is 10.8 Å². The number of aliphatic hydroxyl groups excluding tert-OH is 1. The molecule has 10 nitrogen and oxygen atoms in total. The largest absolute Gasteiger partial charge is 0.496 e. The lowest BCUT2D eigenvalue weighted by Crippen LogP contribution is -2.67. The van der Waals surface area contributed by atoms with E-state index in [-0.39, 0.29) is 24.3 Å². The summed E-state index contributed by atoms with van der Waals surface area (Å²) in [5.41, 5.74) is 0.742. The van der Waals surface area contributed by atoms with Gasteiger partial charge in [-0.05, 0) is 58.1 Å². The van der Waals surface area contributed by atoms with Gasteiger partial charge in [0, 0.05) is 43.2 Å². The Bertz CT molecular complexity index is 1430. The van der Waals surface area contributed by atoms with Crippen LogP contribution in [0.5, 0.6) is 5.75 Å². The minimum absolute atomic E-state index is 0.166. The number of fused-ring (bicyclic) bond motifs is 1. The predicted octanol–water partition coefficient (Wildman–Crippen LogP) is 4.99. The van der Waals surface area contributed by atoms with Crippen molar-refractivity contribution >= 4 is 28.2 Å². The third-order valence-corrected chi connectivity index (χ3v) is 9.59. The third-order valence-electron chi connectivity index (χ3n) is 8.27. The second-order valence-electron chi connectivity index (χ2n) is 12.2. The maximum absolute atomic E-state index is 14.4. The van der Waals surface area contributed by atoms with Crippen molar-refractivity contribution in [1.29, 1.82) is 0 Å². The number of rotatable bonds is 10. The first-order valence-electron chi connectivity index (χ1n) is 15.0. The monoisotopic (exact) mass is 609 g/mol. The van der Waals surface area contributed by atoms with Gasteiger partial charge in [0.1, 0.15) is 27.4 Å². The molecule has 1 unspecified atom stereocenters. The minimum Gasteiger partial charge on any atom is -0.496 e. The number of likely N-dealkylation sites (tertiary alicyclic amines) is 1. The van der Waals surface area contributed by atoms with Gasteiger partial charge in [-0.15, -0.1) is 0 Å². The van der Waals surface area contributed by atoms with E-state index in [4.69, 9.17) is 9.47 Å². The van der Waals surface area contributed by atoms with Crippen LogP contribution >= 0.6 is 11.3 Å². The summed E-state index contributed by atoms with van der Waals surface area (Å²) in [6.07, 6.45) is 4.56. The number of piperidine rings is 1. The van der Waals surface area contributed by atoms with Crippen molar-refractivity contribution in [3.63, 3.8) is 0 Å². The fraction of sp³-hybridized carbons (Fsp3) is 0.531. The molecule has 11 heteroatoms. The van der Waals surface area contributed by atoms with E-state index in [1.807, 2.05) is 48.4 Å². The second-order valence-corrected chi connectivity index (χ2v) is 13.2. The number of anilines is 1. The van der Waals surface area contributed by atoms with Crippen LogP contribution in [-0.2, 0) is 9.53 Å². The Morgan fingerprint density at radius 1 is 1.14 bits per heavy atom. The highest BCUT2D eigenvalue weighted by Crippen LogP contribution is 2.46. The van der Waals surface area contributed by atoms with E-state index in [1.165, 1.54) is 16.2 Å². The van der Waals surface area contributed by atoms with Gasteiger partial charge in [0.25, 0.3) is 5.91 Å². The fourth-order valence-corrected chi connectivity index (χ4v) is 7.25. The van der Waals surface area contributed by atoms with Crippen LogP contribution in [0.4, 0.5) is 5.00 Å². The first-order valence-corrected chi connectivity index (χ1v) is 15.8. The van der Waals surface area contributed by atoms with Gasteiger partial charge >= 0.3 is 0 Å². The molecule has 1 aromatic carbocycles. The highest BCUT2D eigenvalue weighted by atomic mass is 32.1. The number of carbonyl (C=O) groups is 2. The Labute approximate surface area is 257 Å². The molecule has 43 heavy (non-hydrogen) atoms. The van der Waals surface area contributed by atoms with E-state index in [1.54, 1.807) is 36.7 Å². The van der Waals surface area contributed by atoms with Crippen molar-refractivity contribution < 1.29 is 24.2 Å². The second kappa shape index (κ2) is 12.7. The fourth-order valence-electron chi connectivity index (χ4n) is 5.98. The Morgan fingerprint density at radius 3 is 2.51 bits per heavy atom. The molecule has 2 aliphatic heterocycles. The van der Waals surface area contributed by atoms with Crippen molar-refractivity contribution in [3.05, 3.63) is 59.4 Å². The Balaban J connectivity index is 1.61. The normalized spacial score (nSPS) is 18.3. The SMILES string of the molecule is COc1ccccc1[C@H](CN1c2sc(-n3cccn3)c(C)c2C(=O)N(C(C)(C)C(=O)N2CCCCC2)C1O)OCC(C)C. The van der Waals surface area contributed by atoms with Crippen LogP contribution in [0.3, 0.4) is 0 Å². The summed E-state index contributed by atoms with van der Waals surface area (Å²) in [5, 5.41) is 17.9. The Kier molecular flexibility index (Phi) is 9.15. The van der Waals surface area contributed by atoms with Crippen LogP contribution in [-0.4, -0.2) is 81.7 Å². The number of aromatic nitrogens is 2. The molecule has 1 fully saturated rings. The van der Waals surface area contributed by atoms with Gasteiger partial charge in [-0.3, -0.25) is 14.5 Å². The molecule has 4 heterocycles. The zero-order chi connectivity index (χ0) is 30.9. The summed E-state index contributed by atoms with van der Waals surface area (Å²) in [4.78, 5) is 33.3. The molecule has 0 bridgehead atoms. The number of carbonyl (C=O) groups excluding carboxylic acids is 2. The molecule has 0 saturated carbocycles. The van der Waals surface area contributed by atoms with Crippen LogP contribution in [0, 0.1) is 12.8 Å². The third kappa shape index (κ3) is 5.90. The van der Waals surface area contributed by atoms with E-state index in [9.17, 15) is 14.7 Å². The molecule has 3 aromatic rings. The van der Waals surface area contributed by atoms with Gasteiger partial charge in [-0.2, -0.15) is 5.10 Å². The highest BCUT2D eigenvalue weighted by Gasteiger charge is 2.51. The van der Waals surface area contributed by atoms with Gasteiger partial charge in [0.15, 0.2) is 0 Å². The molecule has 0 radical (unpaired) electrons. The molecule has 2 atom stereocenters. The van der Waals surface area contributed by atoms with Gasteiger partial charge < -0.3 is 24.4 Å². The van der Waals surface area contributed by atoms with E-state index in [0.717, 1.165) is 35.4 Å². The molecule has 5 rings (SSSR count). The average Bonchev–Trinajstić information content (AvgIpc) is 3.65. The van der Waals surface area contributed by atoms with Crippen LogP contribution in [0.25, 0.3) is 5.00 Å². The molecular formula is C32H43N5O5S. The van der Waals surface area contributed by atoms with Gasteiger partial charge in [-0.1, -0.05) is 43.4 Å². The topological polar surface area (TPSA) is 100 Å². The summed E-state index contributed by atoms with van der Waals surface area (Å²) in [5.74, 6) is 0.406. The summed E-state index contributed by atoms with van der Waals surface area (Å²) in [6, 6.07) is 9.52. The molecular weight excluding hydrogens is 566 g/mol. The van der Waals surface area contributed by atoms with Gasteiger partial charge in [0.2, 0.25) is 12.3 Å². The number of ether oxygens (including phenoxy) is 2. The number of thiophene rings is 1. The van der Waals surface area contributed by atoms with Gasteiger partial charge in [0.05, 0.1) is 19.2 Å². The zero-order valence-corrected chi connectivity index (χ0v) is 26.8. The van der Waals surface area contributed by atoms with Crippen molar-refractivity contribution in [2.45, 2.75) is 71.9 Å².